The second-order valence-electron chi connectivity index (χ2n) is 12.8. The summed E-state index contributed by atoms with van der Waals surface area (Å²) in [6, 6.07) is 15.4. The summed E-state index contributed by atoms with van der Waals surface area (Å²) >= 11 is 0. The van der Waals surface area contributed by atoms with Gasteiger partial charge >= 0.3 is 0 Å². The van der Waals surface area contributed by atoms with Gasteiger partial charge < -0.3 is 15.0 Å². The van der Waals surface area contributed by atoms with Crippen LogP contribution < -0.4 is 15.6 Å². The largest absolute Gasteiger partial charge is 0.497 e. The molecule has 1 aromatic heterocycles. The van der Waals surface area contributed by atoms with Crippen LogP contribution in [-0.2, 0) is 35.9 Å². The van der Waals surface area contributed by atoms with E-state index in [2.05, 4.69) is 10.3 Å². The van der Waals surface area contributed by atoms with Gasteiger partial charge in [-0.15, -0.1) is 0 Å². The highest BCUT2D eigenvalue weighted by atomic mass is 32.2. The first-order valence-corrected chi connectivity index (χ1v) is 20.0. The van der Waals surface area contributed by atoms with Crippen molar-refractivity contribution >= 4 is 48.3 Å². The molecule has 16 nitrogen and oxygen atoms in total. The van der Waals surface area contributed by atoms with Gasteiger partial charge in [0, 0.05) is 44.0 Å². The number of carbonyl (C=O) groups is 2. The van der Waals surface area contributed by atoms with Crippen molar-refractivity contribution in [3.8, 4) is 11.4 Å². The Morgan fingerprint density at radius 2 is 1.57 bits per heavy atom. The molecule has 0 spiro atoms. The lowest BCUT2D eigenvalue weighted by atomic mass is 10.0. The third-order valence-corrected chi connectivity index (χ3v) is 11.9. The van der Waals surface area contributed by atoms with Crippen LogP contribution in [-0.4, -0.2) is 91.9 Å². The Bertz CT molecular complexity index is 2640. The zero-order chi connectivity index (χ0) is 40.5. The third kappa shape index (κ3) is 8.41. The number of sulfone groups is 1. The number of nitro groups is 1. The van der Waals surface area contributed by atoms with E-state index in [9.17, 15) is 50.1 Å². The molecule has 1 aliphatic heterocycles. The highest BCUT2D eigenvalue weighted by molar-refractivity contribution is 7.90. The summed E-state index contributed by atoms with van der Waals surface area (Å²) in [6.07, 6.45) is 0.636. The molecule has 1 aliphatic rings. The Morgan fingerprint density at radius 3 is 2.16 bits per heavy atom. The maximum absolute atomic E-state index is 14.4. The van der Waals surface area contributed by atoms with E-state index in [-0.39, 0.29) is 63.0 Å². The van der Waals surface area contributed by atoms with Gasteiger partial charge in [-0.3, -0.25) is 29.1 Å². The SMILES string of the molecule is COc1ccc(-n2c([C@H](Cc3cc(F)cc(F)c3)NC(=O)CN3CCN(S(=O)(=O)c4ccc([N+](=O)[O-])cc4)CC3=O)nc3cc(S(C)(=O)=O)ccc3c2=O)cc1. The number of ether oxygens (including phenoxy) is 1. The van der Waals surface area contributed by atoms with Crippen molar-refractivity contribution in [3.05, 3.63) is 128 Å². The van der Waals surface area contributed by atoms with Crippen molar-refractivity contribution in [1.29, 1.82) is 0 Å². The van der Waals surface area contributed by atoms with Crippen molar-refractivity contribution < 1.29 is 44.9 Å². The minimum atomic E-state index is -4.24. The minimum Gasteiger partial charge on any atom is -0.497 e. The molecule has 0 aliphatic carbocycles. The topological polar surface area (TPSA) is 208 Å². The van der Waals surface area contributed by atoms with Gasteiger partial charge in [0.1, 0.15) is 23.2 Å². The van der Waals surface area contributed by atoms with Gasteiger partial charge in [-0.2, -0.15) is 4.31 Å². The first-order chi connectivity index (χ1) is 26.4. The number of halogens is 2. The molecule has 0 unspecified atom stereocenters. The molecule has 0 bridgehead atoms. The number of methoxy groups -OCH3 is 1. The van der Waals surface area contributed by atoms with Gasteiger partial charge in [-0.25, -0.2) is 30.6 Å². The van der Waals surface area contributed by atoms with Crippen LogP contribution in [0.4, 0.5) is 14.5 Å². The average Bonchev–Trinajstić information content (AvgIpc) is 3.14. The summed E-state index contributed by atoms with van der Waals surface area (Å²) in [6.45, 7) is -1.70. The van der Waals surface area contributed by atoms with Crippen molar-refractivity contribution in [1.82, 2.24) is 24.1 Å². The van der Waals surface area contributed by atoms with E-state index in [1.807, 2.05) is 0 Å². The van der Waals surface area contributed by atoms with E-state index in [0.717, 1.165) is 56.4 Å². The second kappa shape index (κ2) is 15.6. The predicted molar refractivity (Wildman–Crippen MR) is 196 cm³/mol. The highest BCUT2D eigenvalue weighted by Gasteiger charge is 2.34. The lowest BCUT2D eigenvalue weighted by molar-refractivity contribution is -0.384. The second-order valence-corrected chi connectivity index (χ2v) is 16.7. The predicted octanol–water partition coefficient (Wildman–Crippen LogP) is 2.92. The zero-order valence-corrected chi connectivity index (χ0v) is 31.2. The summed E-state index contributed by atoms with van der Waals surface area (Å²) in [4.78, 5) is 56.8. The van der Waals surface area contributed by atoms with E-state index < -0.39 is 72.9 Å². The number of fused-ring (bicyclic) bond motifs is 1. The molecule has 292 valence electrons. The number of sulfonamides is 1. The zero-order valence-electron chi connectivity index (χ0n) is 29.6. The number of non-ortho nitro benzene ring substituents is 1. The molecule has 20 heteroatoms. The fraction of sp³-hybridized carbons (Fsp3) is 0.222. The summed E-state index contributed by atoms with van der Waals surface area (Å²) in [5.41, 5.74) is -0.745. The van der Waals surface area contributed by atoms with Crippen molar-refractivity contribution in [2.24, 2.45) is 0 Å². The number of hydrogen-bond donors (Lipinski definition) is 1. The number of benzene rings is 4. The Morgan fingerprint density at radius 1 is 0.929 bits per heavy atom. The molecule has 1 N–H and O–H groups in total. The summed E-state index contributed by atoms with van der Waals surface area (Å²) < 4.78 is 87.5. The van der Waals surface area contributed by atoms with E-state index >= 15 is 0 Å². The van der Waals surface area contributed by atoms with Gasteiger partial charge in [0.2, 0.25) is 21.8 Å². The molecule has 0 saturated carbocycles. The van der Waals surface area contributed by atoms with Gasteiger partial charge in [-0.1, -0.05) is 0 Å². The number of aromatic nitrogens is 2. The Balaban J connectivity index is 1.35. The normalized spacial score (nSPS) is 14.4. The van der Waals surface area contributed by atoms with Crippen LogP contribution in [0, 0.1) is 21.7 Å². The van der Waals surface area contributed by atoms with Gasteiger partial charge in [0.15, 0.2) is 9.84 Å². The molecular formula is C36H32F2N6O10S2. The standard InChI is InChI=1S/C36H32F2N6O10S2/c1-54-27-7-3-25(4-8-27)43-35(40-31-19-29(55(2,50)51)11-12-30(31)36(43)47)32(17-22-15-23(37)18-24(38)16-22)39-33(45)20-41-13-14-42(21-34(41)46)56(52,53)28-9-5-26(6-10-28)44(48)49/h3-12,15-16,18-19,32H,13-14,17,20-21H2,1-2H3,(H,39,45)/t32-/m0/s1. The van der Waals surface area contributed by atoms with Crippen molar-refractivity contribution in [2.75, 3.05) is 39.5 Å². The number of amides is 2. The lowest BCUT2D eigenvalue weighted by Gasteiger charge is -2.33. The van der Waals surface area contributed by atoms with Crippen LogP contribution in [0.25, 0.3) is 16.6 Å². The minimum absolute atomic E-state index is 0.0194. The molecule has 2 heterocycles. The highest BCUT2D eigenvalue weighted by Crippen LogP contribution is 2.26. The van der Waals surface area contributed by atoms with Crippen LogP contribution in [0.3, 0.4) is 0 Å². The number of rotatable bonds is 12. The molecule has 56 heavy (non-hydrogen) atoms. The number of nitrogens with zero attached hydrogens (tertiary/aromatic N) is 5. The number of nitro benzene ring substituents is 1. The number of carbonyl (C=O) groups excluding carboxylic acids is 2. The van der Waals surface area contributed by atoms with E-state index in [1.165, 1.54) is 37.4 Å². The quantitative estimate of drug-likeness (QED) is 0.143. The summed E-state index contributed by atoms with van der Waals surface area (Å²) in [5.74, 6) is -3.11. The molecular weight excluding hydrogens is 779 g/mol. The van der Waals surface area contributed by atoms with Crippen LogP contribution in [0.15, 0.2) is 99.5 Å². The molecule has 4 aromatic carbocycles. The van der Waals surface area contributed by atoms with E-state index in [0.29, 0.717) is 11.8 Å². The first-order valence-electron chi connectivity index (χ1n) is 16.6. The number of hydrogen-bond acceptors (Lipinski definition) is 11. The smallest absolute Gasteiger partial charge is 0.269 e. The molecule has 0 radical (unpaired) electrons. The molecule has 6 rings (SSSR count). The average molecular weight is 811 g/mol. The van der Waals surface area contributed by atoms with Crippen LogP contribution in [0.2, 0.25) is 0 Å². The monoisotopic (exact) mass is 810 g/mol. The molecule has 5 aromatic rings. The summed E-state index contributed by atoms with van der Waals surface area (Å²) in [7, 11) is -6.56. The first kappa shape index (κ1) is 39.6. The van der Waals surface area contributed by atoms with Gasteiger partial charge in [-0.05, 0) is 72.3 Å². The van der Waals surface area contributed by atoms with E-state index in [4.69, 9.17) is 4.74 Å². The molecule has 1 fully saturated rings. The lowest BCUT2D eigenvalue weighted by Crippen LogP contribution is -2.54. The van der Waals surface area contributed by atoms with Crippen molar-refractivity contribution in [3.63, 3.8) is 0 Å². The van der Waals surface area contributed by atoms with Gasteiger partial charge in [0.25, 0.3) is 11.2 Å². The van der Waals surface area contributed by atoms with Crippen molar-refractivity contribution in [2.45, 2.75) is 22.3 Å². The maximum Gasteiger partial charge on any atom is 0.269 e. The molecule has 1 atom stereocenters. The van der Waals surface area contributed by atoms with Crippen LogP contribution >= 0.6 is 0 Å². The molecule has 2 amide bonds. The Labute approximate surface area is 318 Å². The summed E-state index contributed by atoms with van der Waals surface area (Å²) in [5, 5.41) is 13.7. The number of piperazine rings is 1. The van der Waals surface area contributed by atoms with Crippen LogP contribution in [0.5, 0.6) is 5.75 Å². The van der Waals surface area contributed by atoms with Gasteiger partial charge in [0.05, 0.1) is 57.5 Å². The molecule has 1 saturated heterocycles. The maximum atomic E-state index is 14.4. The fourth-order valence-corrected chi connectivity index (χ4v) is 8.18. The number of nitrogens with one attached hydrogen (secondary N) is 1. The third-order valence-electron chi connectivity index (χ3n) is 8.94. The fourth-order valence-electron chi connectivity index (χ4n) is 6.16. The van der Waals surface area contributed by atoms with E-state index in [1.54, 1.807) is 12.1 Å². The Hall–Kier alpha value is -6.12. The Kier molecular flexibility index (Phi) is 11.0. The van der Waals surface area contributed by atoms with Crippen LogP contribution in [0.1, 0.15) is 17.4 Å².